The van der Waals surface area contributed by atoms with Gasteiger partial charge in [-0.25, -0.2) is 0 Å². The molecule has 2 fully saturated rings. The van der Waals surface area contributed by atoms with Crippen molar-refractivity contribution in [3.05, 3.63) is 0 Å². The van der Waals surface area contributed by atoms with E-state index in [1.165, 1.54) is 32.1 Å². The topological polar surface area (TPSA) is 26.3 Å². The fourth-order valence-corrected chi connectivity index (χ4v) is 2.93. The highest BCUT2D eigenvalue weighted by Gasteiger charge is 2.44. The number of hydrogen-bond donors (Lipinski definition) is 0. The number of ketones is 1. The zero-order valence-corrected chi connectivity index (χ0v) is 9.76. The van der Waals surface area contributed by atoms with Crippen molar-refractivity contribution in [1.29, 1.82) is 0 Å². The number of carbonyl (C=O) groups excluding carboxylic acids is 1. The molecule has 0 saturated heterocycles. The lowest BCUT2D eigenvalue weighted by Gasteiger charge is -2.40. The molecule has 0 spiro atoms. The van der Waals surface area contributed by atoms with E-state index in [2.05, 4.69) is 0 Å². The summed E-state index contributed by atoms with van der Waals surface area (Å²) >= 11 is 0. The van der Waals surface area contributed by atoms with E-state index in [9.17, 15) is 4.79 Å². The standard InChI is InChI=1S/C13H22O2/c1-15-13(8-5-9-13)12(14)10-11-6-3-2-4-7-11/h11H,2-10H2,1H3. The highest BCUT2D eigenvalue weighted by molar-refractivity contribution is 5.88. The van der Waals surface area contributed by atoms with Crippen LogP contribution in [0.2, 0.25) is 0 Å². The molecule has 2 nitrogen and oxygen atoms in total. The Morgan fingerprint density at radius 1 is 1.20 bits per heavy atom. The minimum atomic E-state index is -0.364. The zero-order chi connectivity index (χ0) is 10.7. The van der Waals surface area contributed by atoms with E-state index in [0.717, 1.165) is 25.7 Å². The van der Waals surface area contributed by atoms with Crippen LogP contribution in [-0.4, -0.2) is 18.5 Å². The lowest BCUT2D eigenvalue weighted by Crippen LogP contribution is -2.47. The summed E-state index contributed by atoms with van der Waals surface area (Å²) in [5.74, 6) is 1.03. The van der Waals surface area contributed by atoms with Gasteiger partial charge in [-0.1, -0.05) is 32.1 Å². The van der Waals surface area contributed by atoms with Crippen LogP contribution in [-0.2, 0) is 9.53 Å². The van der Waals surface area contributed by atoms with Crippen molar-refractivity contribution < 1.29 is 9.53 Å². The predicted molar refractivity (Wildman–Crippen MR) is 59.8 cm³/mol. The second-order valence-corrected chi connectivity index (χ2v) is 5.18. The Balaban J connectivity index is 1.85. The maximum absolute atomic E-state index is 12.1. The van der Waals surface area contributed by atoms with Crippen LogP contribution < -0.4 is 0 Å². The first-order valence-corrected chi connectivity index (χ1v) is 6.35. The third kappa shape index (κ3) is 2.25. The van der Waals surface area contributed by atoms with Gasteiger partial charge >= 0.3 is 0 Å². The molecule has 0 bridgehead atoms. The Hall–Kier alpha value is -0.370. The molecule has 0 aliphatic heterocycles. The molecule has 0 N–H and O–H groups in total. The number of Topliss-reactive ketones (excluding diaryl/α,β-unsaturated/α-hetero) is 1. The van der Waals surface area contributed by atoms with E-state index in [4.69, 9.17) is 4.74 Å². The Bertz CT molecular complexity index is 219. The van der Waals surface area contributed by atoms with E-state index in [-0.39, 0.29) is 5.60 Å². The number of methoxy groups -OCH3 is 1. The van der Waals surface area contributed by atoms with Gasteiger partial charge in [0.15, 0.2) is 5.78 Å². The third-order valence-electron chi connectivity index (χ3n) is 4.26. The Labute approximate surface area is 92.4 Å². The van der Waals surface area contributed by atoms with Crippen molar-refractivity contribution in [3.8, 4) is 0 Å². The first-order valence-electron chi connectivity index (χ1n) is 6.35. The summed E-state index contributed by atoms with van der Waals surface area (Å²) in [6, 6.07) is 0. The van der Waals surface area contributed by atoms with Crippen molar-refractivity contribution in [2.24, 2.45) is 5.92 Å². The summed E-state index contributed by atoms with van der Waals surface area (Å²) in [6.45, 7) is 0. The predicted octanol–water partition coefficient (Wildman–Crippen LogP) is 3.10. The monoisotopic (exact) mass is 210 g/mol. The summed E-state index contributed by atoms with van der Waals surface area (Å²) < 4.78 is 5.43. The number of hydrogen-bond acceptors (Lipinski definition) is 2. The molecule has 0 radical (unpaired) electrons. The largest absolute Gasteiger partial charge is 0.370 e. The molecule has 15 heavy (non-hydrogen) atoms. The summed E-state index contributed by atoms with van der Waals surface area (Å²) in [6.07, 6.45) is 10.3. The van der Waals surface area contributed by atoms with Crippen LogP contribution in [0.3, 0.4) is 0 Å². The highest BCUT2D eigenvalue weighted by atomic mass is 16.5. The van der Waals surface area contributed by atoms with E-state index in [1.54, 1.807) is 7.11 Å². The normalized spacial score (nSPS) is 25.9. The van der Waals surface area contributed by atoms with Crippen molar-refractivity contribution in [1.82, 2.24) is 0 Å². The number of ether oxygens (including phenoxy) is 1. The minimum absolute atomic E-state index is 0.364. The summed E-state index contributed by atoms with van der Waals surface area (Å²) in [5.41, 5.74) is -0.364. The summed E-state index contributed by atoms with van der Waals surface area (Å²) in [5, 5.41) is 0. The van der Waals surface area contributed by atoms with Crippen molar-refractivity contribution in [2.45, 2.75) is 63.4 Å². The molecule has 0 aromatic carbocycles. The van der Waals surface area contributed by atoms with Crippen LogP contribution in [0.4, 0.5) is 0 Å². The zero-order valence-electron chi connectivity index (χ0n) is 9.76. The first-order chi connectivity index (χ1) is 7.27. The van der Waals surface area contributed by atoms with Crippen LogP contribution in [0.15, 0.2) is 0 Å². The quantitative estimate of drug-likeness (QED) is 0.712. The van der Waals surface area contributed by atoms with Crippen LogP contribution in [0.1, 0.15) is 57.8 Å². The molecule has 0 amide bonds. The van der Waals surface area contributed by atoms with Gasteiger partial charge in [0.25, 0.3) is 0 Å². The van der Waals surface area contributed by atoms with Crippen LogP contribution in [0, 0.1) is 5.92 Å². The molecule has 2 rings (SSSR count). The van der Waals surface area contributed by atoms with Gasteiger partial charge in [-0.2, -0.15) is 0 Å². The van der Waals surface area contributed by atoms with E-state index < -0.39 is 0 Å². The van der Waals surface area contributed by atoms with Gasteiger partial charge in [0.1, 0.15) is 5.60 Å². The SMILES string of the molecule is COC1(C(=O)CC2CCCCC2)CCC1. The molecule has 0 unspecified atom stereocenters. The van der Waals surface area contributed by atoms with Crippen LogP contribution >= 0.6 is 0 Å². The van der Waals surface area contributed by atoms with Gasteiger partial charge in [0.2, 0.25) is 0 Å². The molecule has 2 aliphatic carbocycles. The maximum atomic E-state index is 12.1. The maximum Gasteiger partial charge on any atom is 0.164 e. The Kier molecular flexibility index (Phi) is 3.45. The van der Waals surface area contributed by atoms with E-state index in [1.807, 2.05) is 0 Å². The molecular formula is C13H22O2. The molecule has 0 aromatic heterocycles. The smallest absolute Gasteiger partial charge is 0.164 e. The minimum Gasteiger partial charge on any atom is -0.370 e. The third-order valence-corrected chi connectivity index (χ3v) is 4.26. The molecule has 0 atom stereocenters. The highest BCUT2D eigenvalue weighted by Crippen LogP contribution is 2.39. The van der Waals surface area contributed by atoms with Gasteiger partial charge in [-0.3, -0.25) is 4.79 Å². The van der Waals surface area contributed by atoms with Crippen LogP contribution in [0.25, 0.3) is 0 Å². The van der Waals surface area contributed by atoms with Gasteiger partial charge in [-0.15, -0.1) is 0 Å². The van der Waals surface area contributed by atoms with Gasteiger partial charge < -0.3 is 4.74 Å². The lowest BCUT2D eigenvalue weighted by atomic mass is 9.73. The van der Waals surface area contributed by atoms with Crippen molar-refractivity contribution >= 4 is 5.78 Å². The molecular weight excluding hydrogens is 188 g/mol. The molecule has 2 aliphatic rings. The van der Waals surface area contributed by atoms with Gasteiger partial charge in [0.05, 0.1) is 0 Å². The molecule has 0 aromatic rings. The molecule has 0 heterocycles. The molecule has 2 saturated carbocycles. The fourth-order valence-electron chi connectivity index (χ4n) is 2.93. The second kappa shape index (κ2) is 4.65. The lowest BCUT2D eigenvalue weighted by molar-refractivity contribution is -0.153. The number of carbonyl (C=O) groups is 1. The Morgan fingerprint density at radius 3 is 2.33 bits per heavy atom. The van der Waals surface area contributed by atoms with E-state index >= 15 is 0 Å². The second-order valence-electron chi connectivity index (χ2n) is 5.18. The summed E-state index contributed by atoms with van der Waals surface area (Å²) in [7, 11) is 1.69. The van der Waals surface area contributed by atoms with Crippen LogP contribution in [0.5, 0.6) is 0 Å². The summed E-state index contributed by atoms with van der Waals surface area (Å²) in [4.78, 5) is 12.1. The average Bonchev–Trinajstić information content (AvgIpc) is 2.18. The van der Waals surface area contributed by atoms with Gasteiger partial charge in [-0.05, 0) is 25.2 Å². The number of rotatable bonds is 4. The molecule has 2 heteroatoms. The van der Waals surface area contributed by atoms with Gasteiger partial charge in [0, 0.05) is 13.5 Å². The average molecular weight is 210 g/mol. The fraction of sp³-hybridized carbons (Fsp3) is 0.923. The van der Waals surface area contributed by atoms with Crippen molar-refractivity contribution in [2.75, 3.05) is 7.11 Å². The first kappa shape index (κ1) is 11.1. The Morgan fingerprint density at radius 2 is 1.87 bits per heavy atom. The molecule has 86 valence electrons. The van der Waals surface area contributed by atoms with E-state index in [0.29, 0.717) is 11.7 Å². The van der Waals surface area contributed by atoms with Crippen molar-refractivity contribution in [3.63, 3.8) is 0 Å².